The van der Waals surface area contributed by atoms with Crippen LogP contribution in [0.25, 0.3) is 0 Å². The van der Waals surface area contributed by atoms with E-state index in [4.69, 9.17) is 9.84 Å². The number of hydrogen-bond acceptors (Lipinski definition) is 3. The molecule has 4 heteroatoms. The Hall–Kier alpha value is -0.160. The van der Waals surface area contributed by atoms with Crippen molar-refractivity contribution in [2.45, 2.75) is 0 Å². The zero-order valence-electron chi connectivity index (χ0n) is 5.95. The fourth-order valence-electron chi connectivity index (χ4n) is 1.04. The van der Waals surface area contributed by atoms with E-state index in [9.17, 15) is 5.11 Å². The zero-order chi connectivity index (χ0) is 7.45. The van der Waals surface area contributed by atoms with Gasteiger partial charge in [0.2, 0.25) is 0 Å². The highest BCUT2D eigenvalue weighted by molar-refractivity contribution is 4.42. The lowest BCUT2D eigenvalue weighted by molar-refractivity contribution is -1.00. The number of aliphatic hydroxyl groups is 1. The van der Waals surface area contributed by atoms with Gasteiger partial charge in [0.1, 0.15) is 13.1 Å². The first-order valence-electron chi connectivity index (χ1n) is 3.45. The summed E-state index contributed by atoms with van der Waals surface area (Å²) >= 11 is 0. The topological polar surface area (TPSA) is 52.5 Å². The van der Waals surface area contributed by atoms with Gasteiger partial charge in [-0.2, -0.15) is 0 Å². The van der Waals surface area contributed by atoms with Crippen LogP contribution in [0.15, 0.2) is 0 Å². The molecule has 1 fully saturated rings. The Bertz CT molecular complexity index is 95.2. The molecule has 0 saturated carbocycles. The second-order valence-electron chi connectivity index (χ2n) is 2.67. The van der Waals surface area contributed by atoms with Crippen molar-refractivity contribution >= 4 is 0 Å². The second-order valence-corrected chi connectivity index (χ2v) is 2.67. The van der Waals surface area contributed by atoms with E-state index in [0.29, 0.717) is 26.3 Å². The van der Waals surface area contributed by atoms with E-state index in [0.717, 1.165) is 0 Å². The molecule has 0 aromatic carbocycles. The highest BCUT2D eigenvalue weighted by atomic mass is 16.5. The third-order valence-corrected chi connectivity index (χ3v) is 1.99. The molecule has 4 nitrogen and oxygen atoms in total. The molecular weight excluding hydrogens is 134 g/mol. The lowest BCUT2D eigenvalue weighted by Crippen LogP contribution is -2.59. The van der Waals surface area contributed by atoms with Gasteiger partial charge in [0, 0.05) is 6.73 Å². The number of rotatable bonds is 2. The van der Waals surface area contributed by atoms with Gasteiger partial charge in [-0.05, 0) is 0 Å². The van der Waals surface area contributed by atoms with Crippen LogP contribution in [0.2, 0.25) is 0 Å². The van der Waals surface area contributed by atoms with Gasteiger partial charge in [-0.3, -0.25) is 0 Å². The molecule has 0 amide bonds. The van der Waals surface area contributed by atoms with Crippen molar-refractivity contribution in [3.63, 3.8) is 0 Å². The first-order valence-corrected chi connectivity index (χ1v) is 3.45. The third kappa shape index (κ3) is 1.46. The van der Waals surface area contributed by atoms with Gasteiger partial charge in [-0.1, -0.05) is 0 Å². The van der Waals surface area contributed by atoms with Crippen molar-refractivity contribution in [3.05, 3.63) is 0 Å². The van der Waals surface area contributed by atoms with Crippen LogP contribution in [0, 0.1) is 0 Å². The van der Waals surface area contributed by atoms with Gasteiger partial charge in [0.15, 0.2) is 6.73 Å². The van der Waals surface area contributed by atoms with Crippen LogP contribution < -0.4 is 5.11 Å². The molecule has 0 spiro atoms. The Labute approximate surface area is 60.2 Å². The Morgan fingerprint density at radius 2 is 2.00 bits per heavy atom. The molecule has 0 aromatic rings. The molecule has 1 N–H and O–H groups in total. The van der Waals surface area contributed by atoms with Crippen molar-refractivity contribution < 1.29 is 19.4 Å². The molecule has 0 aromatic heterocycles. The Balaban J connectivity index is 2.44. The summed E-state index contributed by atoms with van der Waals surface area (Å²) < 4.78 is 5.33. The summed E-state index contributed by atoms with van der Waals surface area (Å²) in [6.45, 7) is 2.22. The number of quaternary nitrogens is 1. The number of morpholine rings is 1. The van der Waals surface area contributed by atoms with E-state index in [1.807, 2.05) is 0 Å². The van der Waals surface area contributed by atoms with Gasteiger partial charge in [-0.15, -0.1) is 0 Å². The molecule has 1 aliphatic rings. The van der Waals surface area contributed by atoms with Gasteiger partial charge in [0.05, 0.1) is 13.2 Å². The van der Waals surface area contributed by atoms with Crippen molar-refractivity contribution in [2.75, 3.05) is 39.8 Å². The fourth-order valence-corrected chi connectivity index (χ4v) is 1.04. The van der Waals surface area contributed by atoms with Crippen LogP contribution in [0.1, 0.15) is 0 Å². The number of nitrogens with zero attached hydrogens (tertiary/aromatic N) is 1. The van der Waals surface area contributed by atoms with E-state index in [-0.39, 0.29) is 17.9 Å². The van der Waals surface area contributed by atoms with Gasteiger partial charge in [-0.25, -0.2) is 0 Å². The molecule has 0 aliphatic carbocycles. The quantitative estimate of drug-likeness (QED) is 0.464. The molecule has 60 valence electrons. The molecular formula is C6H13NO3. The fraction of sp³-hybridized carbons (Fsp3) is 1.00. The van der Waals surface area contributed by atoms with Crippen LogP contribution in [0.3, 0.4) is 0 Å². The van der Waals surface area contributed by atoms with Crippen molar-refractivity contribution in [1.29, 1.82) is 0 Å². The number of hydrogen-bond donors (Lipinski definition) is 1. The predicted molar refractivity (Wildman–Crippen MR) is 32.8 cm³/mol. The minimum Gasteiger partial charge on any atom is -0.809 e. The molecule has 0 unspecified atom stereocenters. The molecule has 1 heterocycles. The minimum absolute atomic E-state index is 0.0488. The standard InChI is InChI=1S/C6H13NO3/c8-5-7(6-9)1-3-10-4-2-7/h8H,1-6H2. The monoisotopic (exact) mass is 147 g/mol. The third-order valence-electron chi connectivity index (χ3n) is 1.99. The summed E-state index contributed by atoms with van der Waals surface area (Å²) in [6, 6.07) is 0. The minimum atomic E-state index is -0.236. The Morgan fingerprint density at radius 3 is 2.30 bits per heavy atom. The lowest BCUT2D eigenvalue weighted by Gasteiger charge is -2.41. The number of aliphatic hydroxyl groups excluding tert-OH is 1. The molecule has 1 saturated heterocycles. The van der Waals surface area contributed by atoms with Crippen LogP contribution in [-0.2, 0) is 4.74 Å². The SMILES string of the molecule is [O-]C[N+]1(CO)CCOCC1. The van der Waals surface area contributed by atoms with Gasteiger partial charge >= 0.3 is 0 Å². The number of ether oxygens (including phenoxy) is 1. The first-order chi connectivity index (χ1) is 4.83. The summed E-state index contributed by atoms with van der Waals surface area (Å²) in [5.41, 5.74) is 0. The molecule has 0 radical (unpaired) electrons. The van der Waals surface area contributed by atoms with Crippen LogP contribution in [-0.4, -0.2) is 49.4 Å². The van der Waals surface area contributed by atoms with Gasteiger partial charge in [0.25, 0.3) is 0 Å². The summed E-state index contributed by atoms with van der Waals surface area (Å²) in [5, 5.41) is 19.5. The first kappa shape index (κ1) is 7.94. The maximum atomic E-state index is 10.6. The molecule has 1 aliphatic heterocycles. The predicted octanol–water partition coefficient (Wildman–Crippen LogP) is -1.90. The van der Waals surface area contributed by atoms with Crippen LogP contribution in [0.5, 0.6) is 0 Å². The Morgan fingerprint density at radius 1 is 1.40 bits per heavy atom. The van der Waals surface area contributed by atoms with Crippen LogP contribution >= 0.6 is 0 Å². The Kier molecular flexibility index (Phi) is 2.62. The summed E-state index contributed by atoms with van der Waals surface area (Å²) in [4.78, 5) is 0. The van der Waals surface area contributed by atoms with Crippen molar-refractivity contribution in [2.24, 2.45) is 0 Å². The van der Waals surface area contributed by atoms with E-state index in [1.165, 1.54) is 0 Å². The van der Waals surface area contributed by atoms with Crippen molar-refractivity contribution in [3.8, 4) is 0 Å². The van der Waals surface area contributed by atoms with E-state index >= 15 is 0 Å². The van der Waals surface area contributed by atoms with E-state index in [2.05, 4.69) is 0 Å². The largest absolute Gasteiger partial charge is 0.809 e. The second kappa shape index (κ2) is 3.30. The average Bonchev–Trinajstić information content (AvgIpc) is 2.06. The van der Waals surface area contributed by atoms with E-state index < -0.39 is 0 Å². The molecule has 1 rings (SSSR count). The lowest BCUT2D eigenvalue weighted by atomic mass is 10.4. The molecule has 0 bridgehead atoms. The maximum Gasteiger partial charge on any atom is 0.179 e. The average molecular weight is 147 g/mol. The van der Waals surface area contributed by atoms with Gasteiger partial charge < -0.3 is 19.4 Å². The van der Waals surface area contributed by atoms with Crippen LogP contribution in [0.4, 0.5) is 0 Å². The summed E-state index contributed by atoms with van der Waals surface area (Å²) in [5.74, 6) is 0. The highest BCUT2D eigenvalue weighted by Crippen LogP contribution is 2.06. The normalized spacial score (nSPS) is 24.6. The highest BCUT2D eigenvalue weighted by Gasteiger charge is 2.24. The maximum absolute atomic E-state index is 10.6. The van der Waals surface area contributed by atoms with E-state index in [1.54, 1.807) is 0 Å². The molecule has 0 atom stereocenters. The summed E-state index contributed by atoms with van der Waals surface area (Å²) in [7, 11) is 0. The zero-order valence-corrected chi connectivity index (χ0v) is 5.95. The smallest absolute Gasteiger partial charge is 0.179 e. The summed E-state index contributed by atoms with van der Waals surface area (Å²) in [6.07, 6.45) is 0. The van der Waals surface area contributed by atoms with Crippen molar-refractivity contribution in [1.82, 2.24) is 0 Å². The molecule has 10 heavy (non-hydrogen) atoms.